The molecule has 0 aliphatic rings. The van der Waals surface area contributed by atoms with E-state index in [9.17, 15) is 18.0 Å². The molecule has 0 saturated carbocycles. The molecule has 1 amide bonds. The van der Waals surface area contributed by atoms with Crippen molar-refractivity contribution in [2.24, 2.45) is 0 Å². The molecule has 2 aromatic rings. The molecule has 0 atom stereocenters. The third-order valence-electron chi connectivity index (χ3n) is 2.34. The van der Waals surface area contributed by atoms with Crippen molar-refractivity contribution < 1.29 is 18.0 Å². The number of rotatable bonds is 4. The van der Waals surface area contributed by atoms with Crippen LogP contribution in [-0.2, 0) is 6.42 Å². The van der Waals surface area contributed by atoms with E-state index < -0.39 is 23.4 Å². The van der Waals surface area contributed by atoms with E-state index in [2.05, 4.69) is 14.9 Å². The zero-order chi connectivity index (χ0) is 13.8. The summed E-state index contributed by atoms with van der Waals surface area (Å²) in [7, 11) is 0. The fourth-order valence-electron chi connectivity index (χ4n) is 1.43. The molecule has 1 N–H and O–H groups in total. The van der Waals surface area contributed by atoms with Crippen molar-refractivity contribution in [3.63, 3.8) is 0 Å². The van der Waals surface area contributed by atoms with E-state index in [0.29, 0.717) is 0 Å². The van der Waals surface area contributed by atoms with Gasteiger partial charge in [-0.15, -0.1) is 5.10 Å². The lowest BCUT2D eigenvalue weighted by molar-refractivity contribution is 0.0949. The highest BCUT2D eigenvalue weighted by Gasteiger charge is 2.11. The fraction of sp³-hybridized carbons (Fsp3) is 0.182. The third-order valence-corrected chi connectivity index (χ3v) is 2.84. The predicted octanol–water partition coefficient (Wildman–Crippen LogP) is 1.93. The summed E-state index contributed by atoms with van der Waals surface area (Å²) in [5.41, 5.74) is 0.439. The number of hydrogen-bond acceptors (Lipinski definition) is 4. The molecule has 0 aliphatic heterocycles. The van der Waals surface area contributed by atoms with Crippen molar-refractivity contribution in [2.75, 3.05) is 6.54 Å². The lowest BCUT2D eigenvalue weighted by Crippen LogP contribution is -2.26. The van der Waals surface area contributed by atoms with Crippen LogP contribution in [0.3, 0.4) is 0 Å². The number of nitrogens with one attached hydrogen (secondary N) is 1. The molecule has 1 aromatic carbocycles. The first-order chi connectivity index (χ1) is 9.08. The van der Waals surface area contributed by atoms with Crippen LogP contribution < -0.4 is 5.32 Å². The van der Waals surface area contributed by atoms with Gasteiger partial charge in [0.25, 0.3) is 5.91 Å². The Bertz CT molecular complexity index is 566. The molecule has 100 valence electrons. The lowest BCUT2D eigenvalue weighted by Gasteiger charge is -2.04. The maximum Gasteiger partial charge on any atom is 0.272 e. The van der Waals surface area contributed by atoms with E-state index in [-0.39, 0.29) is 24.2 Å². The third kappa shape index (κ3) is 3.28. The summed E-state index contributed by atoms with van der Waals surface area (Å²) in [6.07, 6.45) is 0.178. The Morgan fingerprint density at radius 2 is 1.95 bits per heavy atom. The number of carbonyl (C=O) groups excluding carboxylic acids is 1. The largest absolute Gasteiger partial charge is 0.350 e. The first kappa shape index (κ1) is 13.5. The summed E-state index contributed by atoms with van der Waals surface area (Å²) in [5.74, 6) is -4.41. The molecular formula is C11H8F3N3OS. The van der Waals surface area contributed by atoms with Crippen LogP contribution in [0.1, 0.15) is 16.1 Å². The highest BCUT2D eigenvalue weighted by Crippen LogP contribution is 2.13. The second-order valence-corrected chi connectivity index (χ2v) is 4.28. The molecule has 19 heavy (non-hydrogen) atoms. The molecule has 0 bridgehead atoms. The normalized spacial score (nSPS) is 10.5. The second kappa shape index (κ2) is 5.79. The molecule has 0 fully saturated rings. The first-order valence-corrected chi connectivity index (χ1v) is 6.10. The molecule has 0 radical (unpaired) electrons. The van der Waals surface area contributed by atoms with E-state index in [1.54, 1.807) is 0 Å². The van der Waals surface area contributed by atoms with Gasteiger partial charge in [-0.1, -0.05) is 4.49 Å². The number of benzene rings is 1. The molecule has 8 heteroatoms. The van der Waals surface area contributed by atoms with Gasteiger partial charge in [0, 0.05) is 11.9 Å². The van der Waals surface area contributed by atoms with Gasteiger partial charge < -0.3 is 5.32 Å². The van der Waals surface area contributed by atoms with E-state index in [1.807, 2.05) is 0 Å². The average molecular weight is 287 g/mol. The summed E-state index contributed by atoms with van der Waals surface area (Å²) < 4.78 is 42.1. The Balaban J connectivity index is 1.91. The number of amides is 1. The topological polar surface area (TPSA) is 54.9 Å². The minimum absolute atomic E-state index is 0.154. The van der Waals surface area contributed by atoms with Gasteiger partial charge >= 0.3 is 0 Å². The van der Waals surface area contributed by atoms with E-state index in [4.69, 9.17) is 0 Å². The predicted molar refractivity (Wildman–Crippen MR) is 62.3 cm³/mol. The minimum atomic E-state index is -1.50. The second-order valence-electron chi connectivity index (χ2n) is 3.67. The van der Waals surface area contributed by atoms with Crippen LogP contribution in [0, 0.1) is 17.5 Å². The number of carbonyl (C=O) groups is 1. The molecule has 1 aromatic heterocycles. The van der Waals surface area contributed by atoms with Crippen molar-refractivity contribution >= 4 is 17.4 Å². The number of halogens is 3. The Hall–Kier alpha value is -1.96. The maximum absolute atomic E-state index is 12.9. The minimum Gasteiger partial charge on any atom is -0.350 e. The van der Waals surface area contributed by atoms with Crippen LogP contribution >= 0.6 is 11.5 Å². The molecule has 0 saturated heterocycles. The van der Waals surface area contributed by atoms with Gasteiger partial charge in [-0.25, -0.2) is 13.2 Å². The summed E-state index contributed by atoms with van der Waals surface area (Å²) >= 11 is 1.04. The van der Waals surface area contributed by atoms with Gasteiger partial charge in [0.2, 0.25) is 0 Å². The van der Waals surface area contributed by atoms with Gasteiger partial charge in [-0.2, -0.15) is 0 Å². The summed E-state index contributed by atoms with van der Waals surface area (Å²) in [5, 5.41) is 7.56. The van der Waals surface area contributed by atoms with Crippen LogP contribution in [0.5, 0.6) is 0 Å². The fourth-order valence-corrected chi connectivity index (χ4v) is 1.86. The van der Waals surface area contributed by atoms with Gasteiger partial charge in [0.05, 0.1) is 0 Å². The lowest BCUT2D eigenvalue weighted by atomic mass is 10.1. The van der Waals surface area contributed by atoms with E-state index >= 15 is 0 Å². The van der Waals surface area contributed by atoms with Crippen LogP contribution in [0.4, 0.5) is 13.2 Å². The smallest absolute Gasteiger partial charge is 0.272 e. The van der Waals surface area contributed by atoms with Crippen LogP contribution in [0.15, 0.2) is 17.5 Å². The van der Waals surface area contributed by atoms with Gasteiger partial charge in [-0.05, 0) is 35.6 Å². The monoisotopic (exact) mass is 287 g/mol. The van der Waals surface area contributed by atoms with Crippen LogP contribution in [0.2, 0.25) is 0 Å². The van der Waals surface area contributed by atoms with Crippen molar-refractivity contribution in [2.45, 2.75) is 6.42 Å². The quantitative estimate of drug-likeness (QED) is 0.874. The van der Waals surface area contributed by atoms with E-state index in [0.717, 1.165) is 23.7 Å². The highest BCUT2D eigenvalue weighted by atomic mass is 32.1. The SMILES string of the molecule is O=C(NCCc1cc(F)c(F)c(F)c1)c1csnn1. The van der Waals surface area contributed by atoms with E-state index in [1.165, 1.54) is 5.38 Å². The summed E-state index contributed by atoms with van der Waals surface area (Å²) in [6.45, 7) is 0.154. The Morgan fingerprint density at radius 1 is 1.26 bits per heavy atom. The first-order valence-electron chi connectivity index (χ1n) is 5.26. The van der Waals surface area contributed by atoms with Crippen LogP contribution in [-0.4, -0.2) is 22.0 Å². The molecule has 0 spiro atoms. The van der Waals surface area contributed by atoms with Gasteiger partial charge in [0.15, 0.2) is 23.1 Å². The van der Waals surface area contributed by atoms with Crippen molar-refractivity contribution in [3.8, 4) is 0 Å². The number of nitrogens with zero attached hydrogens (tertiary/aromatic N) is 2. The van der Waals surface area contributed by atoms with Gasteiger partial charge in [0.1, 0.15) is 0 Å². The Kier molecular flexibility index (Phi) is 4.10. The average Bonchev–Trinajstić information content (AvgIpc) is 2.89. The maximum atomic E-state index is 12.9. The zero-order valence-corrected chi connectivity index (χ0v) is 10.3. The van der Waals surface area contributed by atoms with Crippen molar-refractivity contribution in [3.05, 3.63) is 46.2 Å². The molecular weight excluding hydrogens is 279 g/mol. The molecule has 4 nitrogen and oxygen atoms in total. The van der Waals surface area contributed by atoms with Crippen molar-refractivity contribution in [1.82, 2.24) is 14.9 Å². The number of hydrogen-bond donors (Lipinski definition) is 1. The molecule has 0 unspecified atom stereocenters. The molecule has 1 heterocycles. The highest BCUT2D eigenvalue weighted by molar-refractivity contribution is 7.03. The Morgan fingerprint density at radius 3 is 2.53 bits per heavy atom. The number of aromatic nitrogens is 2. The van der Waals surface area contributed by atoms with Crippen molar-refractivity contribution in [1.29, 1.82) is 0 Å². The molecule has 2 rings (SSSR count). The standard InChI is InChI=1S/C11H8F3N3OS/c12-7-3-6(4-8(13)10(7)14)1-2-15-11(18)9-5-19-17-16-9/h3-5H,1-2H2,(H,15,18). The van der Waals surface area contributed by atoms with Gasteiger partial charge in [-0.3, -0.25) is 4.79 Å². The van der Waals surface area contributed by atoms with Crippen LogP contribution in [0.25, 0.3) is 0 Å². The summed E-state index contributed by atoms with van der Waals surface area (Å²) in [6, 6.07) is 1.80. The Labute approximate surface area is 110 Å². The zero-order valence-electron chi connectivity index (χ0n) is 9.49. The molecule has 0 aliphatic carbocycles. The summed E-state index contributed by atoms with van der Waals surface area (Å²) in [4.78, 5) is 11.5.